The molecule has 5 atom stereocenters. The molecule has 0 spiro atoms. The van der Waals surface area contributed by atoms with Crippen molar-refractivity contribution in [2.24, 2.45) is 0 Å². The molecule has 1 aliphatic heterocycles. The smallest absolute Gasteiger partial charge is 0.186 e. The average Bonchev–Trinajstić information content (AvgIpc) is 3.03. The minimum absolute atomic E-state index is 0.310. The second kappa shape index (κ2) is 17.0. The van der Waals surface area contributed by atoms with Gasteiger partial charge in [0.05, 0.1) is 33.0 Å². The van der Waals surface area contributed by atoms with Crippen LogP contribution in [-0.2, 0) is 54.8 Å². The summed E-state index contributed by atoms with van der Waals surface area (Å²) in [5.74, 6) is 0. The summed E-state index contributed by atoms with van der Waals surface area (Å²) in [5, 5.41) is 0. The Kier molecular flexibility index (Phi) is 12.5. The van der Waals surface area contributed by atoms with Gasteiger partial charge >= 0.3 is 0 Å². The maximum Gasteiger partial charge on any atom is 0.186 e. The molecule has 0 amide bonds. The van der Waals surface area contributed by atoms with E-state index in [1.807, 2.05) is 13.0 Å². The number of aryl methyl sites for hydroxylation is 4. The lowest BCUT2D eigenvalue weighted by Crippen LogP contribution is -2.61. The number of hydrogen-bond donors (Lipinski definition) is 0. The molecule has 1 heterocycles. The molecular weight excluding hydrogens is 576 g/mol. The van der Waals surface area contributed by atoms with Crippen molar-refractivity contribution in [1.82, 2.24) is 0 Å². The Labute approximate surface area is 274 Å². The van der Waals surface area contributed by atoms with E-state index in [1.165, 1.54) is 22.3 Å². The molecule has 4 aromatic rings. The number of benzene rings is 4. The fourth-order valence-corrected chi connectivity index (χ4v) is 5.96. The van der Waals surface area contributed by atoms with Gasteiger partial charge in [-0.05, 0) is 56.9 Å². The predicted octanol–water partition coefficient (Wildman–Crippen LogP) is 7.95. The Balaban J connectivity index is 1.43. The summed E-state index contributed by atoms with van der Waals surface area (Å²) in [4.78, 5) is 0. The lowest BCUT2D eigenvalue weighted by Gasteiger charge is -2.45. The first-order chi connectivity index (χ1) is 22.4. The third-order valence-corrected chi connectivity index (χ3v) is 8.13. The maximum atomic E-state index is 6.80. The summed E-state index contributed by atoms with van der Waals surface area (Å²) in [6.45, 7) is 12.7. The van der Waals surface area contributed by atoms with Gasteiger partial charge in [-0.15, -0.1) is 0 Å². The molecular formula is C40H48O6. The monoisotopic (exact) mass is 624 g/mol. The average molecular weight is 625 g/mol. The molecule has 1 fully saturated rings. The van der Waals surface area contributed by atoms with Crippen molar-refractivity contribution >= 4 is 0 Å². The SMILES string of the molecule is CCO[C@H]1O[C@H](COCc2cccc(C)c2)[C@@H](OCc2cccc(C)c2)[C@H](OCc2cccc(C)c2)[C@H]1OCc1cccc(C)c1. The van der Waals surface area contributed by atoms with Gasteiger partial charge in [0, 0.05) is 6.61 Å². The summed E-state index contributed by atoms with van der Waals surface area (Å²) in [6, 6.07) is 33.4. The van der Waals surface area contributed by atoms with E-state index in [-0.39, 0.29) is 0 Å². The van der Waals surface area contributed by atoms with Crippen LogP contribution in [0, 0.1) is 27.7 Å². The molecule has 0 bridgehead atoms. The van der Waals surface area contributed by atoms with E-state index in [9.17, 15) is 0 Å². The third kappa shape index (κ3) is 9.82. The van der Waals surface area contributed by atoms with Crippen LogP contribution in [-0.4, -0.2) is 43.9 Å². The van der Waals surface area contributed by atoms with Gasteiger partial charge in [0.25, 0.3) is 0 Å². The van der Waals surface area contributed by atoms with Gasteiger partial charge in [-0.2, -0.15) is 0 Å². The van der Waals surface area contributed by atoms with E-state index in [2.05, 4.69) is 119 Å². The zero-order valence-corrected chi connectivity index (χ0v) is 27.8. The van der Waals surface area contributed by atoms with Crippen molar-refractivity contribution < 1.29 is 28.4 Å². The normalized spacial score (nSPS) is 21.4. The van der Waals surface area contributed by atoms with Gasteiger partial charge in [0.15, 0.2) is 6.29 Å². The highest BCUT2D eigenvalue weighted by Crippen LogP contribution is 2.32. The minimum Gasteiger partial charge on any atom is -0.374 e. The number of hydrogen-bond acceptors (Lipinski definition) is 6. The van der Waals surface area contributed by atoms with Crippen molar-refractivity contribution in [3.63, 3.8) is 0 Å². The molecule has 6 heteroatoms. The van der Waals surface area contributed by atoms with Crippen molar-refractivity contribution in [2.75, 3.05) is 13.2 Å². The maximum absolute atomic E-state index is 6.80. The summed E-state index contributed by atoms with van der Waals surface area (Å²) >= 11 is 0. The first kappa shape index (κ1) is 34.0. The molecule has 6 nitrogen and oxygen atoms in total. The molecule has 0 radical (unpaired) electrons. The number of rotatable bonds is 15. The van der Waals surface area contributed by atoms with Crippen LogP contribution in [0.4, 0.5) is 0 Å². The highest BCUT2D eigenvalue weighted by atomic mass is 16.7. The molecule has 1 aliphatic rings. The van der Waals surface area contributed by atoms with Crippen LogP contribution in [0.3, 0.4) is 0 Å². The van der Waals surface area contributed by atoms with E-state index >= 15 is 0 Å². The van der Waals surface area contributed by atoms with Gasteiger partial charge in [0.2, 0.25) is 0 Å². The Hall–Kier alpha value is -3.36. The lowest BCUT2D eigenvalue weighted by atomic mass is 9.97. The van der Waals surface area contributed by atoms with Gasteiger partial charge in [-0.25, -0.2) is 0 Å². The fraction of sp³-hybridized carbons (Fsp3) is 0.400. The molecule has 0 aliphatic carbocycles. The molecule has 0 aromatic heterocycles. The second-order valence-corrected chi connectivity index (χ2v) is 12.3. The van der Waals surface area contributed by atoms with Gasteiger partial charge in [-0.3, -0.25) is 0 Å². The summed E-state index contributed by atoms with van der Waals surface area (Å²) in [5.41, 5.74) is 9.10. The largest absolute Gasteiger partial charge is 0.374 e. The molecule has 46 heavy (non-hydrogen) atoms. The quantitative estimate of drug-likeness (QED) is 0.134. The van der Waals surface area contributed by atoms with Gasteiger partial charge in [-0.1, -0.05) is 119 Å². The van der Waals surface area contributed by atoms with E-state index < -0.39 is 30.7 Å². The highest BCUT2D eigenvalue weighted by Gasteiger charge is 2.49. The summed E-state index contributed by atoms with van der Waals surface area (Å²) < 4.78 is 39.4. The van der Waals surface area contributed by atoms with Crippen LogP contribution >= 0.6 is 0 Å². The molecule has 0 N–H and O–H groups in total. The third-order valence-electron chi connectivity index (χ3n) is 8.13. The van der Waals surface area contributed by atoms with Crippen molar-refractivity contribution in [1.29, 1.82) is 0 Å². The lowest BCUT2D eigenvalue weighted by molar-refractivity contribution is -0.327. The Morgan fingerprint density at radius 3 is 1.35 bits per heavy atom. The Morgan fingerprint density at radius 1 is 0.500 bits per heavy atom. The molecule has 5 rings (SSSR count). The van der Waals surface area contributed by atoms with Gasteiger partial charge in [0.1, 0.15) is 24.4 Å². The summed E-state index contributed by atoms with van der Waals surface area (Å²) in [7, 11) is 0. The second-order valence-electron chi connectivity index (χ2n) is 12.3. The Bertz CT molecular complexity index is 1520. The van der Waals surface area contributed by atoms with E-state index in [0.717, 1.165) is 22.3 Å². The van der Waals surface area contributed by atoms with Crippen LogP contribution in [0.2, 0.25) is 0 Å². The molecule has 0 unspecified atom stereocenters. The van der Waals surface area contributed by atoms with Crippen LogP contribution in [0.1, 0.15) is 51.4 Å². The molecule has 1 saturated heterocycles. The van der Waals surface area contributed by atoms with E-state index in [1.54, 1.807) is 0 Å². The summed E-state index contributed by atoms with van der Waals surface area (Å²) in [6.07, 6.45) is -2.63. The first-order valence-electron chi connectivity index (χ1n) is 16.3. The molecule has 0 saturated carbocycles. The number of ether oxygens (including phenoxy) is 6. The minimum atomic E-state index is -0.663. The highest BCUT2D eigenvalue weighted by molar-refractivity contribution is 5.24. The zero-order valence-electron chi connectivity index (χ0n) is 27.8. The first-order valence-corrected chi connectivity index (χ1v) is 16.3. The van der Waals surface area contributed by atoms with E-state index in [4.69, 9.17) is 28.4 Å². The van der Waals surface area contributed by atoms with Crippen LogP contribution in [0.5, 0.6) is 0 Å². The van der Waals surface area contributed by atoms with Crippen LogP contribution in [0.25, 0.3) is 0 Å². The molecule has 244 valence electrons. The fourth-order valence-electron chi connectivity index (χ4n) is 5.96. The topological polar surface area (TPSA) is 55.4 Å². The van der Waals surface area contributed by atoms with Crippen molar-refractivity contribution in [2.45, 2.75) is 91.8 Å². The zero-order chi connectivity index (χ0) is 32.3. The van der Waals surface area contributed by atoms with Crippen molar-refractivity contribution in [3.05, 3.63) is 142 Å². The van der Waals surface area contributed by atoms with Crippen LogP contribution < -0.4 is 0 Å². The van der Waals surface area contributed by atoms with E-state index in [0.29, 0.717) is 39.6 Å². The standard InChI is InChI=1S/C40H48O6/c1-6-42-40-39(45-26-35-18-10-14-31(5)22-35)38(44-25-34-17-9-13-30(4)21-34)37(43-24-33-16-8-12-29(3)20-33)36(46-40)27-41-23-32-15-7-11-28(2)19-32/h7-22,36-40H,6,23-27H2,1-5H3/t36-,37-,38+,39-,40+/m1/s1. The van der Waals surface area contributed by atoms with Gasteiger partial charge < -0.3 is 28.4 Å². The predicted molar refractivity (Wildman–Crippen MR) is 180 cm³/mol. The molecule has 4 aromatic carbocycles. The van der Waals surface area contributed by atoms with Crippen molar-refractivity contribution in [3.8, 4) is 0 Å². The van der Waals surface area contributed by atoms with Crippen LogP contribution in [0.15, 0.2) is 97.1 Å². The Morgan fingerprint density at radius 2 is 0.913 bits per heavy atom.